The largest absolute Gasteiger partial charge is 0.495 e. The molecular weight excluding hydrogens is 400 g/mol. The number of hydrogen-bond donors (Lipinski definition) is 1. The van der Waals surface area contributed by atoms with Crippen LogP contribution < -0.4 is 14.8 Å². The van der Waals surface area contributed by atoms with Crippen molar-refractivity contribution in [2.75, 3.05) is 18.2 Å². The van der Waals surface area contributed by atoms with Gasteiger partial charge < -0.3 is 19.4 Å². The van der Waals surface area contributed by atoms with Crippen molar-refractivity contribution >= 4 is 23.4 Å². The third-order valence-electron chi connectivity index (χ3n) is 4.58. The van der Waals surface area contributed by atoms with Gasteiger partial charge in [0.25, 0.3) is 0 Å². The van der Waals surface area contributed by atoms with Crippen molar-refractivity contribution in [1.82, 2.24) is 14.8 Å². The van der Waals surface area contributed by atoms with E-state index in [-0.39, 0.29) is 11.7 Å². The van der Waals surface area contributed by atoms with Gasteiger partial charge in [0, 0.05) is 6.54 Å². The van der Waals surface area contributed by atoms with Crippen molar-refractivity contribution in [3.8, 4) is 11.5 Å². The van der Waals surface area contributed by atoms with E-state index in [2.05, 4.69) is 15.5 Å². The normalized spacial score (nSPS) is 10.7. The molecule has 0 bridgehead atoms. The van der Waals surface area contributed by atoms with Gasteiger partial charge in [-0.15, -0.1) is 10.2 Å². The van der Waals surface area contributed by atoms with Gasteiger partial charge in [-0.25, -0.2) is 0 Å². The highest BCUT2D eigenvalue weighted by atomic mass is 32.2. The smallest absolute Gasteiger partial charge is 0.234 e. The molecule has 7 nitrogen and oxygen atoms in total. The van der Waals surface area contributed by atoms with E-state index in [9.17, 15) is 4.79 Å². The first kappa shape index (κ1) is 21.7. The molecule has 2 aromatic carbocycles. The summed E-state index contributed by atoms with van der Waals surface area (Å²) in [4.78, 5) is 12.4. The molecular formula is C22H26N4O3S. The number of nitrogens with one attached hydrogen (secondary N) is 1. The van der Waals surface area contributed by atoms with Crippen molar-refractivity contribution < 1.29 is 14.3 Å². The lowest BCUT2D eigenvalue weighted by Crippen LogP contribution is -2.15. The number of amides is 1. The average molecular weight is 427 g/mol. The highest BCUT2D eigenvalue weighted by Gasteiger charge is 2.15. The Labute approximate surface area is 180 Å². The number of aromatic nitrogens is 3. The summed E-state index contributed by atoms with van der Waals surface area (Å²) in [7, 11) is 1.57. The van der Waals surface area contributed by atoms with E-state index in [1.54, 1.807) is 19.2 Å². The number of benzene rings is 2. The number of thioether (sulfide) groups is 1. The van der Waals surface area contributed by atoms with Crippen LogP contribution in [0.1, 0.15) is 23.9 Å². The van der Waals surface area contributed by atoms with Crippen molar-refractivity contribution in [3.05, 3.63) is 59.4 Å². The number of rotatable bonds is 9. The Morgan fingerprint density at radius 2 is 1.83 bits per heavy atom. The molecule has 1 amide bonds. The Morgan fingerprint density at radius 3 is 2.53 bits per heavy atom. The second-order valence-corrected chi connectivity index (χ2v) is 7.63. The zero-order chi connectivity index (χ0) is 21.5. The van der Waals surface area contributed by atoms with Gasteiger partial charge in [0.2, 0.25) is 5.91 Å². The van der Waals surface area contributed by atoms with E-state index < -0.39 is 0 Å². The molecule has 0 saturated carbocycles. The summed E-state index contributed by atoms with van der Waals surface area (Å²) in [5.41, 5.74) is 2.81. The first-order valence-corrected chi connectivity index (χ1v) is 10.7. The monoisotopic (exact) mass is 426 g/mol. The Hall–Kier alpha value is -3.00. The van der Waals surface area contributed by atoms with E-state index in [0.29, 0.717) is 29.7 Å². The molecule has 0 fully saturated rings. The number of anilines is 1. The SMILES string of the molecule is CCn1c(COc2c(C)cccc2C)nnc1SCC(=O)Nc1ccccc1OC. The molecule has 0 spiro atoms. The second kappa shape index (κ2) is 10.2. The third kappa shape index (κ3) is 5.13. The first-order chi connectivity index (χ1) is 14.5. The van der Waals surface area contributed by atoms with E-state index in [1.165, 1.54) is 11.8 Å². The summed E-state index contributed by atoms with van der Waals surface area (Å²) >= 11 is 1.34. The van der Waals surface area contributed by atoms with Crippen molar-refractivity contribution in [3.63, 3.8) is 0 Å². The van der Waals surface area contributed by atoms with Gasteiger partial charge in [0.1, 0.15) is 18.1 Å². The standard InChI is InChI=1S/C22H26N4O3S/c1-5-26-19(13-29-21-15(2)9-8-10-16(21)3)24-25-22(26)30-14-20(27)23-17-11-6-7-12-18(17)28-4/h6-12H,5,13-14H2,1-4H3,(H,23,27). The van der Waals surface area contributed by atoms with Gasteiger partial charge in [-0.3, -0.25) is 4.79 Å². The quantitative estimate of drug-likeness (QED) is 0.516. The summed E-state index contributed by atoms with van der Waals surface area (Å²) in [5, 5.41) is 12.1. The topological polar surface area (TPSA) is 78.3 Å². The zero-order valence-electron chi connectivity index (χ0n) is 17.6. The molecule has 30 heavy (non-hydrogen) atoms. The highest BCUT2D eigenvalue weighted by molar-refractivity contribution is 7.99. The molecule has 8 heteroatoms. The predicted octanol–water partition coefficient (Wildman–Crippen LogP) is 4.23. The highest BCUT2D eigenvalue weighted by Crippen LogP contribution is 2.25. The Bertz CT molecular complexity index is 999. The number of para-hydroxylation sites is 3. The van der Waals surface area contributed by atoms with Crippen LogP contribution in [0, 0.1) is 13.8 Å². The summed E-state index contributed by atoms with van der Waals surface area (Å²) < 4.78 is 13.2. The van der Waals surface area contributed by atoms with Crippen molar-refractivity contribution in [2.45, 2.75) is 39.1 Å². The van der Waals surface area contributed by atoms with E-state index >= 15 is 0 Å². The fourth-order valence-corrected chi connectivity index (χ4v) is 3.90. The molecule has 158 valence electrons. The molecule has 1 aromatic heterocycles. The molecule has 0 unspecified atom stereocenters. The van der Waals surface area contributed by atoms with E-state index in [4.69, 9.17) is 9.47 Å². The van der Waals surface area contributed by atoms with Crippen LogP contribution in [0.25, 0.3) is 0 Å². The fourth-order valence-electron chi connectivity index (χ4n) is 3.08. The lowest BCUT2D eigenvalue weighted by Gasteiger charge is -2.12. The van der Waals surface area contributed by atoms with Crippen LogP contribution >= 0.6 is 11.8 Å². The van der Waals surface area contributed by atoms with Gasteiger partial charge in [-0.05, 0) is 44.0 Å². The van der Waals surface area contributed by atoms with E-state index in [1.807, 2.05) is 55.7 Å². The molecule has 0 aliphatic carbocycles. The minimum absolute atomic E-state index is 0.136. The molecule has 3 rings (SSSR count). The van der Waals surface area contributed by atoms with Gasteiger partial charge in [0.05, 0.1) is 18.6 Å². The summed E-state index contributed by atoms with van der Waals surface area (Å²) in [5.74, 6) is 2.30. The summed E-state index contributed by atoms with van der Waals surface area (Å²) in [6.07, 6.45) is 0. The van der Waals surface area contributed by atoms with Crippen molar-refractivity contribution in [2.24, 2.45) is 0 Å². The maximum atomic E-state index is 12.4. The number of carbonyl (C=O) groups excluding carboxylic acids is 1. The molecule has 0 saturated heterocycles. The summed E-state index contributed by atoms with van der Waals surface area (Å²) in [6.45, 7) is 7.07. The van der Waals surface area contributed by atoms with Gasteiger partial charge in [-0.2, -0.15) is 0 Å². The van der Waals surface area contributed by atoms with Crippen LogP contribution in [0.2, 0.25) is 0 Å². The van der Waals surface area contributed by atoms with Gasteiger partial charge in [0.15, 0.2) is 11.0 Å². The van der Waals surface area contributed by atoms with Crippen LogP contribution in [0.3, 0.4) is 0 Å². The zero-order valence-corrected chi connectivity index (χ0v) is 18.5. The Balaban J connectivity index is 1.62. The van der Waals surface area contributed by atoms with Crippen LogP contribution in [0.4, 0.5) is 5.69 Å². The summed E-state index contributed by atoms with van der Waals surface area (Å²) in [6, 6.07) is 13.4. The Morgan fingerprint density at radius 1 is 1.10 bits per heavy atom. The molecule has 3 aromatic rings. The maximum Gasteiger partial charge on any atom is 0.234 e. The number of nitrogens with zero attached hydrogens (tertiary/aromatic N) is 3. The predicted molar refractivity (Wildman–Crippen MR) is 118 cm³/mol. The van der Waals surface area contributed by atoms with Crippen LogP contribution in [0.15, 0.2) is 47.6 Å². The third-order valence-corrected chi connectivity index (χ3v) is 5.54. The number of aryl methyl sites for hydroxylation is 2. The molecule has 0 radical (unpaired) electrons. The lowest BCUT2D eigenvalue weighted by atomic mass is 10.1. The fraction of sp³-hybridized carbons (Fsp3) is 0.318. The number of hydrogen-bond acceptors (Lipinski definition) is 6. The van der Waals surface area contributed by atoms with Crippen LogP contribution in [-0.4, -0.2) is 33.5 Å². The maximum absolute atomic E-state index is 12.4. The average Bonchev–Trinajstić information content (AvgIpc) is 3.14. The first-order valence-electron chi connectivity index (χ1n) is 9.70. The number of methoxy groups -OCH3 is 1. The number of carbonyl (C=O) groups is 1. The lowest BCUT2D eigenvalue weighted by molar-refractivity contribution is -0.113. The molecule has 0 aliphatic rings. The molecule has 1 heterocycles. The molecule has 1 N–H and O–H groups in total. The molecule has 0 aliphatic heterocycles. The molecule has 0 atom stereocenters. The van der Waals surface area contributed by atoms with Crippen LogP contribution in [-0.2, 0) is 17.9 Å². The van der Waals surface area contributed by atoms with Gasteiger partial charge >= 0.3 is 0 Å². The van der Waals surface area contributed by atoms with Crippen molar-refractivity contribution in [1.29, 1.82) is 0 Å². The minimum atomic E-state index is -0.136. The second-order valence-electron chi connectivity index (χ2n) is 6.69. The minimum Gasteiger partial charge on any atom is -0.495 e. The van der Waals surface area contributed by atoms with Crippen LogP contribution in [0.5, 0.6) is 11.5 Å². The van der Waals surface area contributed by atoms with E-state index in [0.717, 1.165) is 22.7 Å². The van der Waals surface area contributed by atoms with Gasteiger partial charge in [-0.1, -0.05) is 42.1 Å². The Kier molecular flexibility index (Phi) is 7.35. The number of ether oxygens (including phenoxy) is 2.